The fourth-order valence-corrected chi connectivity index (χ4v) is 2.26. The molecule has 0 spiro atoms. The molecule has 0 bridgehead atoms. The smallest absolute Gasteiger partial charge is 0.0624 e. The molecule has 17 heavy (non-hydrogen) atoms. The summed E-state index contributed by atoms with van der Waals surface area (Å²) in [6.07, 6.45) is 8.88. The van der Waals surface area contributed by atoms with Crippen LogP contribution < -0.4 is 0 Å². The van der Waals surface area contributed by atoms with Crippen molar-refractivity contribution in [3.05, 3.63) is 0 Å². The topological polar surface area (TPSA) is 9.23 Å². The molecule has 0 aliphatic rings. The molecule has 104 valence electrons. The molecule has 0 radical (unpaired) electrons. The highest BCUT2D eigenvalue weighted by Gasteiger charge is 2.29. The SMILES string of the molecule is CCCCC(CC)(CCC)COC(C)(C)CC. The molecule has 0 aromatic rings. The lowest BCUT2D eigenvalue weighted by Crippen LogP contribution is -2.33. The lowest BCUT2D eigenvalue weighted by Gasteiger charge is -2.36. The molecule has 0 fully saturated rings. The van der Waals surface area contributed by atoms with Gasteiger partial charge in [-0.1, -0.05) is 47.0 Å². The number of hydrogen-bond acceptors (Lipinski definition) is 1. The van der Waals surface area contributed by atoms with Crippen LogP contribution in [0, 0.1) is 5.41 Å². The Morgan fingerprint density at radius 2 is 1.47 bits per heavy atom. The first kappa shape index (κ1) is 17.0. The quantitative estimate of drug-likeness (QED) is 0.486. The molecule has 1 heteroatoms. The number of hydrogen-bond donors (Lipinski definition) is 0. The Morgan fingerprint density at radius 1 is 0.824 bits per heavy atom. The molecule has 1 unspecified atom stereocenters. The van der Waals surface area contributed by atoms with Crippen molar-refractivity contribution < 1.29 is 4.74 Å². The van der Waals surface area contributed by atoms with Gasteiger partial charge in [0.25, 0.3) is 0 Å². The van der Waals surface area contributed by atoms with E-state index < -0.39 is 0 Å². The van der Waals surface area contributed by atoms with Crippen LogP contribution in [0.4, 0.5) is 0 Å². The molecule has 0 aromatic carbocycles. The molecular formula is C16H34O. The van der Waals surface area contributed by atoms with Crippen molar-refractivity contribution >= 4 is 0 Å². The summed E-state index contributed by atoms with van der Waals surface area (Å²) in [6.45, 7) is 14.5. The van der Waals surface area contributed by atoms with Gasteiger partial charge in [-0.25, -0.2) is 0 Å². The lowest BCUT2D eigenvalue weighted by atomic mass is 9.77. The van der Waals surface area contributed by atoms with Gasteiger partial charge in [0.05, 0.1) is 12.2 Å². The number of rotatable bonds is 10. The summed E-state index contributed by atoms with van der Waals surface area (Å²) in [5.74, 6) is 0. The van der Waals surface area contributed by atoms with Crippen LogP contribution in [0.2, 0.25) is 0 Å². The average Bonchev–Trinajstić information content (AvgIpc) is 2.33. The Hall–Kier alpha value is -0.0400. The first-order valence-electron chi connectivity index (χ1n) is 7.59. The molecule has 0 saturated heterocycles. The van der Waals surface area contributed by atoms with Crippen LogP contribution in [0.3, 0.4) is 0 Å². The van der Waals surface area contributed by atoms with E-state index in [-0.39, 0.29) is 5.60 Å². The standard InChI is InChI=1S/C16H34O/c1-7-11-13-16(10-4,12-8-2)14-17-15(5,6)9-3/h7-14H2,1-6H3. The van der Waals surface area contributed by atoms with Crippen molar-refractivity contribution in [1.29, 1.82) is 0 Å². The largest absolute Gasteiger partial charge is 0.375 e. The van der Waals surface area contributed by atoms with Crippen LogP contribution in [0.1, 0.15) is 86.5 Å². The molecule has 0 rings (SSSR count). The van der Waals surface area contributed by atoms with E-state index >= 15 is 0 Å². The lowest BCUT2D eigenvalue weighted by molar-refractivity contribution is -0.0719. The van der Waals surface area contributed by atoms with E-state index in [9.17, 15) is 0 Å². The monoisotopic (exact) mass is 242 g/mol. The maximum Gasteiger partial charge on any atom is 0.0624 e. The maximum absolute atomic E-state index is 6.18. The van der Waals surface area contributed by atoms with Crippen molar-refractivity contribution in [2.75, 3.05) is 6.61 Å². The summed E-state index contributed by atoms with van der Waals surface area (Å²) in [7, 11) is 0. The number of ether oxygens (including phenoxy) is 1. The van der Waals surface area contributed by atoms with Gasteiger partial charge in [-0.15, -0.1) is 0 Å². The van der Waals surface area contributed by atoms with E-state index in [2.05, 4.69) is 41.5 Å². The van der Waals surface area contributed by atoms with E-state index in [0.29, 0.717) is 5.41 Å². The Morgan fingerprint density at radius 3 is 1.88 bits per heavy atom. The van der Waals surface area contributed by atoms with Gasteiger partial charge < -0.3 is 4.74 Å². The molecule has 0 N–H and O–H groups in total. The highest BCUT2D eigenvalue weighted by Crippen LogP contribution is 2.36. The highest BCUT2D eigenvalue weighted by atomic mass is 16.5. The molecule has 0 aliphatic heterocycles. The van der Waals surface area contributed by atoms with E-state index in [1.807, 2.05) is 0 Å². The summed E-state index contributed by atoms with van der Waals surface area (Å²) < 4.78 is 6.18. The van der Waals surface area contributed by atoms with E-state index in [1.54, 1.807) is 0 Å². The third kappa shape index (κ3) is 6.45. The third-order valence-electron chi connectivity index (χ3n) is 4.21. The van der Waals surface area contributed by atoms with Gasteiger partial charge in [-0.3, -0.25) is 0 Å². The predicted molar refractivity (Wildman–Crippen MR) is 77.5 cm³/mol. The maximum atomic E-state index is 6.18. The molecule has 0 aromatic heterocycles. The Balaban J connectivity index is 4.44. The number of unbranched alkanes of at least 4 members (excludes halogenated alkanes) is 1. The Labute approximate surface area is 109 Å². The Bertz CT molecular complexity index is 186. The van der Waals surface area contributed by atoms with Crippen molar-refractivity contribution in [2.45, 2.75) is 92.1 Å². The first-order valence-corrected chi connectivity index (χ1v) is 7.59. The normalized spacial score (nSPS) is 15.9. The minimum absolute atomic E-state index is 0.0420. The van der Waals surface area contributed by atoms with Crippen molar-refractivity contribution in [2.24, 2.45) is 5.41 Å². The summed E-state index contributed by atoms with van der Waals surface area (Å²) in [5, 5.41) is 0. The summed E-state index contributed by atoms with van der Waals surface area (Å²) in [4.78, 5) is 0. The van der Waals surface area contributed by atoms with Gasteiger partial charge in [0.1, 0.15) is 0 Å². The second-order valence-corrected chi connectivity index (χ2v) is 6.11. The molecule has 1 nitrogen and oxygen atoms in total. The van der Waals surface area contributed by atoms with E-state index in [1.165, 1.54) is 38.5 Å². The van der Waals surface area contributed by atoms with Gasteiger partial charge in [-0.2, -0.15) is 0 Å². The second kappa shape index (κ2) is 8.13. The summed E-state index contributed by atoms with van der Waals surface area (Å²) in [5.41, 5.74) is 0.470. The van der Waals surface area contributed by atoms with Gasteiger partial charge in [-0.05, 0) is 44.9 Å². The van der Waals surface area contributed by atoms with Crippen molar-refractivity contribution in [3.63, 3.8) is 0 Å². The molecule has 0 heterocycles. The van der Waals surface area contributed by atoms with E-state index in [0.717, 1.165) is 13.0 Å². The van der Waals surface area contributed by atoms with Gasteiger partial charge in [0, 0.05) is 0 Å². The fourth-order valence-electron chi connectivity index (χ4n) is 2.26. The zero-order chi connectivity index (χ0) is 13.4. The molecule has 1 atom stereocenters. The van der Waals surface area contributed by atoms with Gasteiger partial charge >= 0.3 is 0 Å². The highest BCUT2D eigenvalue weighted by molar-refractivity contribution is 4.79. The predicted octanol–water partition coefficient (Wildman–Crippen LogP) is 5.58. The first-order chi connectivity index (χ1) is 7.95. The van der Waals surface area contributed by atoms with E-state index in [4.69, 9.17) is 4.74 Å². The van der Waals surface area contributed by atoms with Crippen LogP contribution in [0.15, 0.2) is 0 Å². The molecule has 0 saturated carbocycles. The van der Waals surface area contributed by atoms with Crippen LogP contribution in [-0.2, 0) is 4.74 Å². The summed E-state index contributed by atoms with van der Waals surface area (Å²) in [6, 6.07) is 0. The third-order valence-corrected chi connectivity index (χ3v) is 4.21. The molecule has 0 aliphatic carbocycles. The minimum atomic E-state index is 0.0420. The zero-order valence-corrected chi connectivity index (χ0v) is 13.1. The second-order valence-electron chi connectivity index (χ2n) is 6.11. The minimum Gasteiger partial charge on any atom is -0.375 e. The fraction of sp³-hybridized carbons (Fsp3) is 1.00. The van der Waals surface area contributed by atoms with Crippen LogP contribution in [-0.4, -0.2) is 12.2 Å². The molecular weight excluding hydrogens is 208 g/mol. The summed E-state index contributed by atoms with van der Waals surface area (Å²) >= 11 is 0. The molecule has 0 amide bonds. The van der Waals surface area contributed by atoms with Gasteiger partial charge in [0.2, 0.25) is 0 Å². The Kier molecular flexibility index (Phi) is 8.11. The van der Waals surface area contributed by atoms with Crippen molar-refractivity contribution in [3.8, 4) is 0 Å². The van der Waals surface area contributed by atoms with Crippen LogP contribution in [0.25, 0.3) is 0 Å². The van der Waals surface area contributed by atoms with Gasteiger partial charge in [0.15, 0.2) is 0 Å². The zero-order valence-electron chi connectivity index (χ0n) is 13.1. The van der Waals surface area contributed by atoms with Crippen molar-refractivity contribution in [1.82, 2.24) is 0 Å². The van der Waals surface area contributed by atoms with Crippen LogP contribution in [0.5, 0.6) is 0 Å². The average molecular weight is 242 g/mol. The van der Waals surface area contributed by atoms with Crippen LogP contribution >= 0.6 is 0 Å².